The van der Waals surface area contributed by atoms with Crippen LogP contribution in [0.1, 0.15) is 49.6 Å². The third-order valence-corrected chi connectivity index (χ3v) is 5.67. The molecule has 1 saturated heterocycles. The van der Waals surface area contributed by atoms with E-state index in [1.165, 1.54) is 12.1 Å². The number of amidine groups is 1. The monoisotopic (exact) mass is 411 g/mol. The summed E-state index contributed by atoms with van der Waals surface area (Å²) in [5.74, 6) is 0.408. The Balaban J connectivity index is 1.67. The second kappa shape index (κ2) is 9.26. The number of aryl methyl sites for hydroxylation is 1. The van der Waals surface area contributed by atoms with Gasteiger partial charge in [-0.05, 0) is 57.4 Å². The number of aromatic nitrogens is 1. The maximum atomic E-state index is 13.1. The number of nitrogens with one attached hydrogen (secondary N) is 2. The SMILES string of the molecule is CC=C/N=C(\c1cc[nH]c1C)N1CCC(N)(C(=O)NC(C)c2ccc(F)cc2)CC1. The first-order valence-electron chi connectivity index (χ1n) is 10.3. The maximum absolute atomic E-state index is 13.1. The first kappa shape index (κ1) is 21.8. The molecule has 7 heteroatoms. The summed E-state index contributed by atoms with van der Waals surface area (Å²) in [6, 6.07) is 7.90. The van der Waals surface area contributed by atoms with Crippen LogP contribution in [0.2, 0.25) is 0 Å². The molecular weight excluding hydrogens is 381 g/mol. The number of hydrogen-bond donors (Lipinski definition) is 3. The van der Waals surface area contributed by atoms with Crippen LogP contribution >= 0.6 is 0 Å². The lowest BCUT2D eigenvalue weighted by Crippen LogP contribution is -2.60. The number of carbonyl (C=O) groups is 1. The smallest absolute Gasteiger partial charge is 0.240 e. The number of hydrogen-bond acceptors (Lipinski definition) is 3. The van der Waals surface area contributed by atoms with Gasteiger partial charge >= 0.3 is 0 Å². The van der Waals surface area contributed by atoms with Crippen molar-refractivity contribution in [2.75, 3.05) is 13.1 Å². The van der Waals surface area contributed by atoms with E-state index >= 15 is 0 Å². The van der Waals surface area contributed by atoms with E-state index < -0.39 is 5.54 Å². The lowest BCUT2D eigenvalue weighted by atomic mass is 9.87. The van der Waals surface area contributed by atoms with Crippen molar-refractivity contribution in [3.8, 4) is 0 Å². The molecule has 2 heterocycles. The molecule has 0 aliphatic carbocycles. The predicted octanol–water partition coefficient (Wildman–Crippen LogP) is 3.41. The van der Waals surface area contributed by atoms with Gasteiger partial charge in [-0.3, -0.25) is 4.79 Å². The van der Waals surface area contributed by atoms with Gasteiger partial charge in [-0.15, -0.1) is 0 Å². The number of nitrogens with zero attached hydrogens (tertiary/aromatic N) is 2. The van der Waals surface area contributed by atoms with Gasteiger partial charge in [-0.2, -0.15) is 0 Å². The van der Waals surface area contributed by atoms with E-state index in [1.54, 1.807) is 18.3 Å². The molecule has 4 N–H and O–H groups in total. The third kappa shape index (κ3) is 4.79. The van der Waals surface area contributed by atoms with E-state index in [-0.39, 0.29) is 17.8 Å². The van der Waals surface area contributed by atoms with E-state index in [9.17, 15) is 9.18 Å². The topological polar surface area (TPSA) is 86.5 Å². The van der Waals surface area contributed by atoms with Crippen LogP contribution in [0, 0.1) is 12.7 Å². The van der Waals surface area contributed by atoms with Crippen LogP contribution < -0.4 is 11.1 Å². The average Bonchev–Trinajstić information content (AvgIpc) is 3.15. The van der Waals surface area contributed by atoms with Gasteiger partial charge in [0.1, 0.15) is 11.7 Å². The fourth-order valence-corrected chi connectivity index (χ4v) is 3.68. The number of nitrogens with two attached hydrogens (primary N) is 1. The molecule has 0 saturated carbocycles. The minimum absolute atomic E-state index is 0.177. The minimum Gasteiger partial charge on any atom is -0.365 e. The molecule has 1 aromatic heterocycles. The molecule has 30 heavy (non-hydrogen) atoms. The molecule has 0 spiro atoms. The number of halogens is 1. The highest BCUT2D eigenvalue weighted by Gasteiger charge is 2.39. The molecule has 1 aliphatic heterocycles. The van der Waals surface area contributed by atoms with Crippen LogP contribution in [0.3, 0.4) is 0 Å². The number of amides is 1. The highest BCUT2D eigenvalue weighted by molar-refractivity contribution is 6.00. The number of rotatable bonds is 5. The fraction of sp³-hybridized carbons (Fsp3) is 0.391. The second-order valence-corrected chi connectivity index (χ2v) is 7.84. The van der Waals surface area contributed by atoms with Crippen molar-refractivity contribution < 1.29 is 9.18 Å². The Labute approximate surface area is 177 Å². The van der Waals surface area contributed by atoms with Crippen molar-refractivity contribution >= 4 is 11.7 Å². The number of allylic oxidation sites excluding steroid dienone is 1. The van der Waals surface area contributed by atoms with Gasteiger partial charge in [0.25, 0.3) is 0 Å². The van der Waals surface area contributed by atoms with Crippen molar-refractivity contribution in [2.45, 2.75) is 45.2 Å². The normalized spacial score (nSPS) is 17.9. The van der Waals surface area contributed by atoms with Crippen LogP contribution in [-0.2, 0) is 4.79 Å². The molecule has 1 amide bonds. The summed E-state index contributed by atoms with van der Waals surface area (Å²) in [7, 11) is 0. The lowest BCUT2D eigenvalue weighted by Gasteiger charge is -2.40. The zero-order valence-corrected chi connectivity index (χ0v) is 17.8. The molecule has 1 fully saturated rings. The second-order valence-electron chi connectivity index (χ2n) is 7.84. The number of aliphatic imine (C=N–C) groups is 1. The van der Waals surface area contributed by atoms with Gasteiger partial charge in [-0.1, -0.05) is 18.2 Å². The van der Waals surface area contributed by atoms with Crippen LogP contribution in [-0.4, -0.2) is 40.3 Å². The predicted molar refractivity (Wildman–Crippen MR) is 118 cm³/mol. The van der Waals surface area contributed by atoms with Gasteiger partial charge in [-0.25, -0.2) is 9.38 Å². The van der Waals surface area contributed by atoms with E-state index in [4.69, 9.17) is 5.73 Å². The van der Waals surface area contributed by atoms with E-state index in [2.05, 4.69) is 20.2 Å². The summed E-state index contributed by atoms with van der Waals surface area (Å²) >= 11 is 0. The molecule has 0 bridgehead atoms. The quantitative estimate of drug-likeness (QED) is 0.521. The Morgan fingerprint density at radius 1 is 1.30 bits per heavy atom. The Morgan fingerprint density at radius 3 is 2.53 bits per heavy atom. The Kier molecular flexibility index (Phi) is 6.72. The third-order valence-electron chi connectivity index (χ3n) is 5.67. The van der Waals surface area contributed by atoms with Crippen molar-refractivity contribution in [3.05, 3.63) is 71.4 Å². The lowest BCUT2D eigenvalue weighted by molar-refractivity contribution is -0.128. The van der Waals surface area contributed by atoms with Crippen molar-refractivity contribution in [3.63, 3.8) is 0 Å². The zero-order valence-electron chi connectivity index (χ0n) is 17.8. The van der Waals surface area contributed by atoms with Crippen LogP contribution in [0.5, 0.6) is 0 Å². The van der Waals surface area contributed by atoms with E-state index in [0.717, 1.165) is 22.7 Å². The molecule has 1 atom stereocenters. The molecule has 0 radical (unpaired) electrons. The highest BCUT2D eigenvalue weighted by Crippen LogP contribution is 2.24. The molecule has 6 nitrogen and oxygen atoms in total. The number of carbonyl (C=O) groups excluding carboxylic acids is 1. The molecule has 160 valence electrons. The highest BCUT2D eigenvalue weighted by atomic mass is 19.1. The molecule has 1 aromatic carbocycles. The summed E-state index contributed by atoms with van der Waals surface area (Å²) in [5, 5.41) is 2.99. The summed E-state index contributed by atoms with van der Waals surface area (Å²) in [6.45, 7) is 7.09. The van der Waals surface area contributed by atoms with Crippen LogP contribution in [0.25, 0.3) is 0 Å². The molecule has 1 unspecified atom stereocenters. The number of H-pyrrole nitrogens is 1. The van der Waals surface area contributed by atoms with Gasteiger partial charge in [0.15, 0.2) is 0 Å². The van der Waals surface area contributed by atoms with Crippen molar-refractivity contribution in [1.82, 2.24) is 15.2 Å². The molecular formula is C23H30FN5O. The largest absolute Gasteiger partial charge is 0.365 e. The fourth-order valence-electron chi connectivity index (χ4n) is 3.68. The minimum atomic E-state index is -0.941. The molecule has 1 aliphatic rings. The zero-order chi connectivity index (χ0) is 21.7. The summed E-state index contributed by atoms with van der Waals surface area (Å²) < 4.78 is 13.1. The summed E-state index contributed by atoms with van der Waals surface area (Å²) in [5.41, 5.74) is 8.50. The Bertz CT molecular complexity index is 923. The van der Waals surface area contributed by atoms with Gasteiger partial charge < -0.3 is 20.9 Å². The van der Waals surface area contributed by atoms with Crippen LogP contribution in [0.15, 0.2) is 53.8 Å². The van der Waals surface area contributed by atoms with Gasteiger partial charge in [0, 0.05) is 36.7 Å². The number of likely N-dealkylation sites (tertiary alicyclic amines) is 1. The summed E-state index contributed by atoms with van der Waals surface area (Å²) in [4.78, 5) is 22.9. The standard InChI is InChI=1S/C23H30FN5O/c1-4-12-27-21(20-9-13-26-17(20)3)29-14-10-23(25,11-15-29)22(30)28-16(2)18-5-7-19(24)8-6-18/h4-9,12-13,16,26H,10-11,14-15,25H2,1-3H3,(H,28,30)/b12-4?,27-21+. The van der Waals surface area contributed by atoms with Crippen molar-refractivity contribution in [2.24, 2.45) is 10.7 Å². The average molecular weight is 412 g/mol. The number of benzene rings is 1. The summed E-state index contributed by atoms with van der Waals surface area (Å²) in [6.07, 6.45) is 6.62. The first-order chi connectivity index (χ1) is 14.3. The van der Waals surface area contributed by atoms with Gasteiger partial charge in [0.05, 0.1) is 11.6 Å². The number of piperidine rings is 1. The van der Waals surface area contributed by atoms with Gasteiger partial charge in [0.2, 0.25) is 5.91 Å². The van der Waals surface area contributed by atoms with Crippen LogP contribution in [0.4, 0.5) is 4.39 Å². The Morgan fingerprint density at radius 2 is 1.97 bits per heavy atom. The molecule has 2 aromatic rings. The number of aromatic amines is 1. The first-order valence-corrected chi connectivity index (χ1v) is 10.3. The maximum Gasteiger partial charge on any atom is 0.240 e. The van der Waals surface area contributed by atoms with E-state index in [1.807, 2.05) is 39.1 Å². The van der Waals surface area contributed by atoms with Crippen molar-refractivity contribution in [1.29, 1.82) is 0 Å². The van der Waals surface area contributed by atoms with E-state index in [0.29, 0.717) is 25.9 Å². The molecule has 3 rings (SSSR count). The Hall–Kier alpha value is -2.93.